The molecule has 0 atom stereocenters. The van der Waals surface area contributed by atoms with Gasteiger partial charge in [-0.15, -0.1) is 6.58 Å². The maximum absolute atomic E-state index is 12.5. The van der Waals surface area contributed by atoms with Crippen molar-refractivity contribution < 1.29 is 0 Å². The van der Waals surface area contributed by atoms with Crippen LogP contribution in [0, 0.1) is 0 Å². The second-order valence-corrected chi connectivity index (χ2v) is 5.37. The van der Waals surface area contributed by atoms with E-state index in [-0.39, 0.29) is 5.65 Å². The molecule has 3 aromatic heterocycles. The number of aryl methyl sites for hydroxylation is 1. The van der Waals surface area contributed by atoms with Crippen LogP contribution < -0.4 is 16.7 Å². The summed E-state index contributed by atoms with van der Waals surface area (Å²) in [6.07, 6.45) is 6.56. The molecule has 0 radical (unpaired) electrons. The first kappa shape index (κ1) is 16.4. The molecule has 25 heavy (non-hydrogen) atoms. The highest BCUT2D eigenvalue weighted by Gasteiger charge is 2.18. The molecule has 0 bridgehead atoms. The first-order chi connectivity index (χ1) is 12.0. The first-order valence-electron chi connectivity index (χ1n) is 7.51. The van der Waals surface area contributed by atoms with Gasteiger partial charge >= 0.3 is 5.69 Å². The van der Waals surface area contributed by atoms with Crippen molar-refractivity contribution in [2.75, 3.05) is 5.43 Å². The van der Waals surface area contributed by atoms with E-state index in [2.05, 4.69) is 27.1 Å². The van der Waals surface area contributed by atoms with Gasteiger partial charge in [-0.25, -0.2) is 10.2 Å². The van der Waals surface area contributed by atoms with E-state index in [4.69, 9.17) is 0 Å². The minimum Gasteiger partial charge on any atom is -0.299 e. The van der Waals surface area contributed by atoms with E-state index in [0.717, 1.165) is 10.1 Å². The molecule has 3 heterocycles. The summed E-state index contributed by atoms with van der Waals surface area (Å²) >= 11 is 0. The minimum absolute atomic E-state index is 0.286. The summed E-state index contributed by atoms with van der Waals surface area (Å²) in [7, 11) is 3.00. The van der Waals surface area contributed by atoms with E-state index in [1.165, 1.54) is 11.6 Å². The van der Waals surface area contributed by atoms with Gasteiger partial charge in [-0.05, 0) is 6.07 Å². The van der Waals surface area contributed by atoms with E-state index in [1.54, 1.807) is 42.4 Å². The van der Waals surface area contributed by atoms with Crippen molar-refractivity contribution >= 4 is 23.3 Å². The number of aromatic nitrogens is 5. The topological polar surface area (TPSA) is 99.1 Å². The number of fused-ring (bicyclic) bond motifs is 1. The molecule has 0 fully saturated rings. The quantitative estimate of drug-likeness (QED) is 0.414. The van der Waals surface area contributed by atoms with Crippen molar-refractivity contribution in [1.29, 1.82) is 0 Å². The number of hydrogen-bond acceptors (Lipinski definition) is 6. The molecule has 3 rings (SSSR count). The minimum atomic E-state index is -0.439. The Morgan fingerprint density at radius 2 is 2.12 bits per heavy atom. The van der Waals surface area contributed by atoms with Crippen molar-refractivity contribution in [1.82, 2.24) is 23.7 Å². The molecule has 9 heteroatoms. The smallest absolute Gasteiger partial charge is 0.299 e. The van der Waals surface area contributed by atoms with Crippen LogP contribution in [-0.4, -0.2) is 29.9 Å². The summed E-state index contributed by atoms with van der Waals surface area (Å²) in [4.78, 5) is 32.9. The van der Waals surface area contributed by atoms with Crippen molar-refractivity contribution in [3.8, 4) is 0 Å². The van der Waals surface area contributed by atoms with Crippen LogP contribution in [0.4, 0.5) is 5.95 Å². The Bertz CT molecular complexity index is 1070. The van der Waals surface area contributed by atoms with Crippen molar-refractivity contribution in [3.05, 3.63) is 63.6 Å². The van der Waals surface area contributed by atoms with E-state index in [9.17, 15) is 9.59 Å². The number of nitrogens with zero attached hydrogens (tertiary/aromatic N) is 6. The molecule has 0 saturated heterocycles. The van der Waals surface area contributed by atoms with Gasteiger partial charge in [0.15, 0.2) is 11.2 Å². The van der Waals surface area contributed by atoms with E-state index in [0.29, 0.717) is 18.0 Å². The summed E-state index contributed by atoms with van der Waals surface area (Å²) < 4.78 is 4.00. The number of nitrogens with one attached hydrogen (secondary N) is 1. The summed E-state index contributed by atoms with van der Waals surface area (Å²) in [5, 5.41) is 4.13. The van der Waals surface area contributed by atoms with E-state index >= 15 is 0 Å². The lowest BCUT2D eigenvalue weighted by Crippen LogP contribution is -2.37. The molecule has 0 aliphatic rings. The average Bonchev–Trinajstić information content (AvgIpc) is 2.98. The Hall–Kier alpha value is -3.49. The zero-order valence-corrected chi connectivity index (χ0v) is 13.9. The zero-order valence-electron chi connectivity index (χ0n) is 13.9. The Kier molecular flexibility index (Phi) is 4.29. The number of allylic oxidation sites excluding steroid dienone is 1. The zero-order chi connectivity index (χ0) is 18.0. The average molecular weight is 339 g/mol. The molecular formula is C16H17N7O2. The van der Waals surface area contributed by atoms with E-state index < -0.39 is 11.2 Å². The number of imidazole rings is 1. The third-order valence-corrected chi connectivity index (χ3v) is 3.72. The van der Waals surface area contributed by atoms with Crippen molar-refractivity contribution in [2.45, 2.75) is 6.54 Å². The summed E-state index contributed by atoms with van der Waals surface area (Å²) in [6.45, 7) is 4.04. The molecule has 128 valence electrons. The molecular weight excluding hydrogens is 322 g/mol. The molecule has 0 aliphatic carbocycles. The van der Waals surface area contributed by atoms with Crippen LogP contribution in [0.5, 0.6) is 0 Å². The standard InChI is InChI=1S/C16H17N7O2/c1-4-8-23-12-13(21(2)16(25)22(3)14(12)24)19-15(23)20-18-10-11-6-5-7-17-9-11/h4-7,9-10H,1,8H2,2-3H3,(H,19,20)/b18-10+. The molecule has 0 amide bonds. The van der Waals surface area contributed by atoms with Gasteiger partial charge in [-0.3, -0.25) is 23.5 Å². The molecule has 0 aromatic carbocycles. The maximum Gasteiger partial charge on any atom is 0.332 e. The number of rotatable bonds is 5. The van der Waals surface area contributed by atoms with Crippen LogP contribution in [0.1, 0.15) is 5.56 Å². The summed E-state index contributed by atoms with van der Waals surface area (Å²) in [5.41, 5.74) is 3.36. The van der Waals surface area contributed by atoms with Gasteiger partial charge < -0.3 is 0 Å². The Morgan fingerprint density at radius 1 is 1.32 bits per heavy atom. The lowest BCUT2D eigenvalue weighted by molar-refractivity contribution is 0.703. The normalized spacial score (nSPS) is 11.3. The molecule has 0 spiro atoms. The van der Waals surface area contributed by atoms with Crippen LogP contribution in [0.2, 0.25) is 0 Å². The number of hydrogen-bond donors (Lipinski definition) is 1. The fourth-order valence-corrected chi connectivity index (χ4v) is 2.46. The highest BCUT2D eigenvalue weighted by atomic mass is 16.2. The van der Waals surface area contributed by atoms with Crippen LogP contribution in [0.25, 0.3) is 11.2 Å². The maximum atomic E-state index is 12.5. The monoisotopic (exact) mass is 339 g/mol. The van der Waals surface area contributed by atoms with Crippen LogP contribution >= 0.6 is 0 Å². The van der Waals surface area contributed by atoms with Gasteiger partial charge in [0.05, 0.1) is 6.21 Å². The Morgan fingerprint density at radius 3 is 2.80 bits per heavy atom. The molecule has 0 saturated carbocycles. The SMILES string of the molecule is C=CCn1c(N/N=C/c2cccnc2)nc2c1c(=O)n(C)c(=O)n2C. The number of anilines is 1. The Balaban J connectivity index is 2.10. The second kappa shape index (κ2) is 6.56. The van der Waals surface area contributed by atoms with Crippen LogP contribution in [0.3, 0.4) is 0 Å². The van der Waals surface area contributed by atoms with Gasteiger partial charge in [0, 0.05) is 38.6 Å². The third kappa shape index (κ3) is 2.87. The predicted molar refractivity (Wildman–Crippen MR) is 95.9 cm³/mol. The van der Waals surface area contributed by atoms with Gasteiger partial charge in [-0.1, -0.05) is 12.1 Å². The molecule has 0 aliphatic heterocycles. The van der Waals surface area contributed by atoms with Crippen molar-refractivity contribution in [3.63, 3.8) is 0 Å². The largest absolute Gasteiger partial charge is 0.332 e. The molecule has 0 unspecified atom stereocenters. The van der Waals surface area contributed by atoms with Gasteiger partial charge in [0.2, 0.25) is 5.95 Å². The lowest BCUT2D eigenvalue weighted by Gasteiger charge is -2.06. The highest BCUT2D eigenvalue weighted by molar-refractivity contribution is 5.80. The van der Waals surface area contributed by atoms with Gasteiger partial charge in [0.1, 0.15) is 0 Å². The fourth-order valence-electron chi connectivity index (χ4n) is 2.46. The van der Waals surface area contributed by atoms with Gasteiger partial charge in [0.25, 0.3) is 5.56 Å². The predicted octanol–water partition coefficient (Wildman–Crippen LogP) is 0.461. The van der Waals surface area contributed by atoms with E-state index in [1.807, 2.05) is 6.07 Å². The van der Waals surface area contributed by atoms with Crippen LogP contribution in [-0.2, 0) is 20.6 Å². The summed E-state index contributed by atoms with van der Waals surface area (Å²) in [6, 6.07) is 3.65. The van der Waals surface area contributed by atoms with Crippen LogP contribution in [0.15, 0.2) is 51.9 Å². The molecule has 1 N–H and O–H groups in total. The van der Waals surface area contributed by atoms with Crippen molar-refractivity contribution in [2.24, 2.45) is 19.2 Å². The fraction of sp³-hybridized carbons (Fsp3) is 0.188. The lowest BCUT2D eigenvalue weighted by atomic mass is 10.3. The second-order valence-electron chi connectivity index (χ2n) is 5.37. The summed E-state index contributed by atoms with van der Waals surface area (Å²) in [5.74, 6) is 0.341. The van der Waals surface area contributed by atoms with Gasteiger partial charge in [-0.2, -0.15) is 10.1 Å². The highest BCUT2D eigenvalue weighted by Crippen LogP contribution is 2.15. The molecule has 3 aromatic rings. The number of hydrazone groups is 1. The Labute approximate surface area is 142 Å². The number of pyridine rings is 1. The first-order valence-corrected chi connectivity index (χ1v) is 7.51. The molecule has 9 nitrogen and oxygen atoms in total. The third-order valence-electron chi connectivity index (χ3n) is 3.72.